The number of nitrogens with two attached hydrogens (primary N) is 1. The zero-order chi connectivity index (χ0) is 16.3. The predicted molar refractivity (Wildman–Crippen MR) is 96.1 cm³/mol. The Morgan fingerprint density at radius 2 is 2.13 bits per heavy atom. The van der Waals surface area contributed by atoms with Crippen LogP contribution in [0.15, 0.2) is 30.5 Å². The molecule has 7 heteroatoms. The minimum Gasteiger partial charge on any atom is -0.341 e. The van der Waals surface area contributed by atoms with Crippen LogP contribution in [0.2, 0.25) is 5.02 Å². The average molecular weight is 357 g/mol. The van der Waals surface area contributed by atoms with Crippen molar-refractivity contribution in [2.75, 3.05) is 20.1 Å². The molecule has 0 aliphatic heterocycles. The first-order chi connectivity index (χ1) is 10.3. The Morgan fingerprint density at radius 1 is 1.43 bits per heavy atom. The molecule has 0 aliphatic rings. The number of aromatic amines is 1. The summed E-state index contributed by atoms with van der Waals surface area (Å²) < 4.78 is 0. The van der Waals surface area contributed by atoms with Crippen molar-refractivity contribution in [1.29, 1.82) is 0 Å². The van der Waals surface area contributed by atoms with Gasteiger partial charge in [0.2, 0.25) is 0 Å². The molecule has 0 bridgehead atoms. The van der Waals surface area contributed by atoms with Gasteiger partial charge in [0.05, 0.1) is 17.5 Å². The van der Waals surface area contributed by atoms with Gasteiger partial charge in [-0.05, 0) is 24.1 Å². The fraction of sp³-hybridized carbons (Fsp3) is 0.375. The highest BCUT2D eigenvalue weighted by molar-refractivity contribution is 6.30. The zero-order valence-corrected chi connectivity index (χ0v) is 15.0. The van der Waals surface area contributed by atoms with Gasteiger partial charge in [-0.1, -0.05) is 37.6 Å². The number of rotatable bonds is 5. The van der Waals surface area contributed by atoms with E-state index < -0.39 is 0 Å². The summed E-state index contributed by atoms with van der Waals surface area (Å²) in [5.74, 6) is -0.0924. The van der Waals surface area contributed by atoms with Crippen LogP contribution in [-0.4, -0.2) is 41.1 Å². The van der Waals surface area contributed by atoms with Crippen LogP contribution < -0.4 is 5.73 Å². The third-order valence-electron chi connectivity index (χ3n) is 3.55. The fourth-order valence-corrected chi connectivity index (χ4v) is 2.49. The number of nitrogens with one attached hydrogen (secondary N) is 1. The lowest BCUT2D eigenvalue weighted by atomic mass is 9.93. The first-order valence-corrected chi connectivity index (χ1v) is 7.47. The molecule has 23 heavy (non-hydrogen) atoms. The smallest absolute Gasteiger partial charge is 0.257 e. The van der Waals surface area contributed by atoms with Crippen molar-refractivity contribution in [2.45, 2.75) is 13.8 Å². The molecular formula is C16H22Cl2N4O. The standard InChI is InChI=1S/C16H21ClN4O.ClH/c1-16(2,9-18)10-21(3)15(22)13-8-19-20-14(13)11-5-4-6-12(17)7-11;/h4-8H,9-10,18H2,1-3H3,(H,19,20);1H. The second kappa shape index (κ2) is 7.81. The maximum Gasteiger partial charge on any atom is 0.257 e. The van der Waals surface area contributed by atoms with Gasteiger partial charge in [0.15, 0.2) is 0 Å². The van der Waals surface area contributed by atoms with Crippen molar-refractivity contribution in [3.8, 4) is 11.3 Å². The molecule has 126 valence electrons. The van der Waals surface area contributed by atoms with E-state index in [9.17, 15) is 4.79 Å². The number of nitrogens with zero attached hydrogens (tertiary/aromatic N) is 2. The molecule has 0 radical (unpaired) electrons. The van der Waals surface area contributed by atoms with Gasteiger partial charge in [0.25, 0.3) is 5.91 Å². The Kier molecular flexibility index (Phi) is 6.62. The second-order valence-electron chi connectivity index (χ2n) is 6.20. The molecule has 0 spiro atoms. The number of H-pyrrole nitrogens is 1. The van der Waals surface area contributed by atoms with Gasteiger partial charge < -0.3 is 10.6 Å². The SMILES string of the molecule is CN(CC(C)(C)CN)C(=O)c1cn[nH]c1-c1cccc(Cl)c1.Cl. The minimum atomic E-state index is -0.135. The Balaban J connectivity index is 0.00000264. The van der Waals surface area contributed by atoms with Gasteiger partial charge in [0, 0.05) is 24.2 Å². The average Bonchev–Trinajstić information content (AvgIpc) is 2.95. The van der Waals surface area contributed by atoms with Crippen molar-refractivity contribution in [3.05, 3.63) is 41.0 Å². The molecule has 0 saturated carbocycles. The van der Waals surface area contributed by atoms with Gasteiger partial charge in [-0.25, -0.2) is 0 Å². The van der Waals surface area contributed by atoms with E-state index in [-0.39, 0.29) is 23.7 Å². The van der Waals surface area contributed by atoms with Crippen LogP contribution in [0.5, 0.6) is 0 Å². The Hall–Kier alpha value is -1.56. The highest BCUT2D eigenvalue weighted by Gasteiger charge is 2.24. The molecular weight excluding hydrogens is 335 g/mol. The lowest BCUT2D eigenvalue weighted by Crippen LogP contribution is -2.39. The third-order valence-corrected chi connectivity index (χ3v) is 3.78. The number of benzene rings is 1. The molecule has 1 amide bonds. The van der Waals surface area contributed by atoms with E-state index in [1.54, 1.807) is 30.3 Å². The van der Waals surface area contributed by atoms with E-state index in [2.05, 4.69) is 10.2 Å². The fourth-order valence-electron chi connectivity index (χ4n) is 2.30. The van der Waals surface area contributed by atoms with E-state index in [4.69, 9.17) is 17.3 Å². The highest BCUT2D eigenvalue weighted by atomic mass is 35.5. The number of hydrogen-bond acceptors (Lipinski definition) is 3. The van der Waals surface area contributed by atoms with Gasteiger partial charge in [-0.15, -0.1) is 12.4 Å². The second-order valence-corrected chi connectivity index (χ2v) is 6.64. The first-order valence-electron chi connectivity index (χ1n) is 7.09. The van der Waals surface area contributed by atoms with Crippen LogP contribution in [0.4, 0.5) is 0 Å². The van der Waals surface area contributed by atoms with E-state index in [0.29, 0.717) is 29.4 Å². The largest absolute Gasteiger partial charge is 0.341 e. The normalized spacial score (nSPS) is 11.0. The number of carbonyl (C=O) groups is 1. The number of hydrogen-bond donors (Lipinski definition) is 2. The van der Waals surface area contributed by atoms with Crippen molar-refractivity contribution >= 4 is 29.9 Å². The Labute approximate surface area is 147 Å². The molecule has 2 aromatic rings. The molecule has 5 nitrogen and oxygen atoms in total. The third kappa shape index (κ3) is 4.70. The number of halogens is 2. The van der Waals surface area contributed by atoms with Crippen molar-refractivity contribution in [1.82, 2.24) is 15.1 Å². The molecule has 1 aromatic heterocycles. The minimum absolute atomic E-state index is 0. The number of carbonyl (C=O) groups excluding carboxylic acids is 1. The van der Waals surface area contributed by atoms with Crippen molar-refractivity contribution < 1.29 is 4.79 Å². The Morgan fingerprint density at radius 3 is 2.74 bits per heavy atom. The van der Waals surface area contributed by atoms with Gasteiger partial charge >= 0.3 is 0 Å². The van der Waals surface area contributed by atoms with Crippen LogP contribution >= 0.6 is 24.0 Å². The summed E-state index contributed by atoms with van der Waals surface area (Å²) in [6.07, 6.45) is 1.55. The van der Waals surface area contributed by atoms with Crippen LogP contribution in [0.3, 0.4) is 0 Å². The van der Waals surface area contributed by atoms with E-state index >= 15 is 0 Å². The summed E-state index contributed by atoms with van der Waals surface area (Å²) in [6, 6.07) is 7.32. The van der Waals surface area contributed by atoms with Crippen LogP contribution in [0, 0.1) is 5.41 Å². The molecule has 0 atom stereocenters. The molecule has 3 N–H and O–H groups in total. The number of amides is 1. The molecule has 0 aliphatic carbocycles. The first kappa shape index (κ1) is 19.5. The molecule has 0 unspecified atom stereocenters. The topological polar surface area (TPSA) is 75.0 Å². The lowest BCUT2D eigenvalue weighted by Gasteiger charge is -2.29. The summed E-state index contributed by atoms with van der Waals surface area (Å²) >= 11 is 6.02. The van der Waals surface area contributed by atoms with E-state index in [1.165, 1.54) is 0 Å². The van der Waals surface area contributed by atoms with Gasteiger partial charge in [0.1, 0.15) is 0 Å². The summed E-state index contributed by atoms with van der Waals surface area (Å²) in [5.41, 5.74) is 7.64. The summed E-state index contributed by atoms with van der Waals surface area (Å²) in [4.78, 5) is 14.3. The molecule has 1 aromatic carbocycles. The van der Waals surface area contributed by atoms with Crippen LogP contribution in [0.1, 0.15) is 24.2 Å². The predicted octanol–water partition coefficient (Wildman–Crippen LogP) is 3.21. The molecule has 2 rings (SSSR count). The van der Waals surface area contributed by atoms with Gasteiger partial charge in [-0.2, -0.15) is 5.10 Å². The molecule has 0 fully saturated rings. The molecule has 1 heterocycles. The number of aromatic nitrogens is 2. The molecule has 0 saturated heterocycles. The maximum atomic E-state index is 12.7. The van der Waals surface area contributed by atoms with E-state index in [1.807, 2.05) is 26.0 Å². The summed E-state index contributed by atoms with van der Waals surface area (Å²) in [5, 5.41) is 7.50. The summed E-state index contributed by atoms with van der Waals surface area (Å²) in [6.45, 7) is 5.15. The van der Waals surface area contributed by atoms with Crippen molar-refractivity contribution in [2.24, 2.45) is 11.1 Å². The quantitative estimate of drug-likeness (QED) is 0.863. The zero-order valence-electron chi connectivity index (χ0n) is 13.5. The van der Waals surface area contributed by atoms with Crippen LogP contribution in [-0.2, 0) is 0 Å². The monoisotopic (exact) mass is 356 g/mol. The lowest BCUT2D eigenvalue weighted by molar-refractivity contribution is 0.0741. The summed E-state index contributed by atoms with van der Waals surface area (Å²) in [7, 11) is 1.77. The van der Waals surface area contributed by atoms with Crippen LogP contribution in [0.25, 0.3) is 11.3 Å². The maximum absolute atomic E-state index is 12.7. The van der Waals surface area contributed by atoms with Gasteiger partial charge in [-0.3, -0.25) is 9.89 Å². The van der Waals surface area contributed by atoms with E-state index in [0.717, 1.165) is 5.56 Å². The van der Waals surface area contributed by atoms with Crippen molar-refractivity contribution in [3.63, 3.8) is 0 Å². The Bertz CT molecular complexity index is 670. The highest BCUT2D eigenvalue weighted by Crippen LogP contribution is 2.25.